The second-order valence-corrected chi connectivity index (χ2v) is 6.49. The first kappa shape index (κ1) is 12.4. The Morgan fingerprint density at radius 3 is 2.29 bits per heavy atom. The molecule has 2 aromatic heterocycles. The molecule has 0 amide bonds. The smallest absolute Gasteiger partial charge is 0.321 e. The second-order valence-electron chi connectivity index (χ2n) is 3.34. The van der Waals surface area contributed by atoms with Gasteiger partial charge in [0.05, 0.1) is 5.30 Å². The Bertz CT molecular complexity index is 648. The Hall–Kier alpha value is -1.01. The monoisotopic (exact) mass is 278 g/mol. The molecule has 2 rings (SSSR count). The lowest BCUT2D eigenvalue weighted by Gasteiger charge is -2.02. The zero-order valence-electron chi connectivity index (χ0n) is 8.20. The van der Waals surface area contributed by atoms with E-state index in [9.17, 15) is 9.13 Å². The van der Waals surface area contributed by atoms with Crippen LogP contribution in [0.15, 0.2) is 24.5 Å². The lowest BCUT2D eigenvalue weighted by atomic mass is 10.5. The number of imidazole rings is 1. The molecular weight excluding hydrogens is 270 g/mol. The summed E-state index contributed by atoms with van der Waals surface area (Å²) in [5.41, 5.74) is -0.385. The van der Waals surface area contributed by atoms with E-state index in [1.165, 1.54) is 16.7 Å². The summed E-state index contributed by atoms with van der Waals surface area (Å²) in [6.45, 7) is 0. The van der Waals surface area contributed by atoms with E-state index < -0.39 is 20.6 Å². The first-order valence-corrected chi connectivity index (χ1v) is 7.51. The van der Waals surface area contributed by atoms with Gasteiger partial charge in [-0.1, -0.05) is 0 Å². The van der Waals surface area contributed by atoms with Gasteiger partial charge in [0, 0.05) is 12.4 Å². The Kier molecular flexibility index (Phi) is 2.74. The fraction of sp³-hybridized carbons (Fsp3) is 0. The summed E-state index contributed by atoms with van der Waals surface area (Å²) >= 11 is 0. The average Bonchev–Trinajstić information content (AvgIpc) is 2.57. The molecule has 0 atom stereocenters. The molecule has 17 heavy (non-hydrogen) atoms. The lowest BCUT2D eigenvalue weighted by molar-refractivity contribution is 0.385. The maximum Gasteiger partial charge on any atom is 0.376 e. The summed E-state index contributed by atoms with van der Waals surface area (Å²) in [4.78, 5) is 39.3. The van der Waals surface area contributed by atoms with Crippen molar-refractivity contribution in [2.45, 2.75) is 0 Å². The third-order valence-electron chi connectivity index (χ3n) is 2.07. The van der Waals surface area contributed by atoms with Gasteiger partial charge in [-0.3, -0.25) is 9.13 Å². The Morgan fingerprint density at radius 1 is 1.12 bits per heavy atom. The highest BCUT2D eigenvalue weighted by atomic mass is 31.2. The minimum atomic E-state index is -4.47. The standard InChI is InChI=1S/C7H8N2O6P2/c10-16(11,12)5-1-2-9-4-7(17(13,14)15)8-6(9)3-5/h1-4H,(H2,10,11,12)(H2,13,14,15). The van der Waals surface area contributed by atoms with Crippen LogP contribution in [0.2, 0.25) is 0 Å². The normalized spacial score (nSPS) is 13.2. The van der Waals surface area contributed by atoms with E-state index in [4.69, 9.17) is 19.6 Å². The summed E-state index contributed by atoms with van der Waals surface area (Å²) in [5, 5.41) is -0.257. The SMILES string of the molecule is O=P(O)(O)c1ccn2cc(P(=O)(O)O)nc2c1. The van der Waals surface area contributed by atoms with Crippen LogP contribution in [0.1, 0.15) is 0 Å². The van der Waals surface area contributed by atoms with E-state index in [1.54, 1.807) is 0 Å². The topological polar surface area (TPSA) is 132 Å². The van der Waals surface area contributed by atoms with Gasteiger partial charge in [0.25, 0.3) is 0 Å². The summed E-state index contributed by atoms with van der Waals surface area (Å²) in [7, 11) is -8.87. The van der Waals surface area contributed by atoms with E-state index in [2.05, 4.69) is 4.98 Å². The summed E-state index contributed by atoms with van der Waals surface area (Å²) in [5.74, 6) is 0. The van der Waals surface area contributed by atoms with E-state index >= 15 is 0 Å². The number of hydrogen-bond donors (Lipinski definition) is 4. The molecule has 0 aliphatic rings. The van der Waals surface area contributed by atoms with Gasteiger partial charge in [-0.2, -0.15) is 0 Å². The molecule has 0 radical (unpaired) electrons. The molecule has 0 aromatic carbocycles. The molecule has 8 nitrogen and oxygen atoms in total. The van der Waals surface area contributed by atoms with Gasteiger partial charge in [-0.25, -0.2) is 4.98 Å². The van der Waals surface area contributed by atoms with Crippen LogP contribution < -0.4 is 10.7 Å². The molecule has 0 bridgehead atoms. The molecule has 92 valence electrons. The highest BCUT2D eigenvalue weighted by molar-refractivity contribution is 7.60. The molecule has 2 aromatic rings. The molecule has 2 heterocycles. The van der Waals surface area contributed by atoms with Crippen LogP contribution in [0.4, 0.5) is 0 Å². The Morgan fingerprint density at radius 2 is 1.76 bits per heavy atom. The van der Waals surface area contributed by atoms with Crippen molar-refractivity contribution in [2.24, 2.45) is 0 Å². The molecule has 0 saturated heterocycles. The Balaban J connectivity index is 2.64. The largest absolute Gasteiger partial charge is 0.376 e. The number of nitrogens with zero attached hydrogens (tertiary/aromatic N) is 2. The van der Waals surface area contributed by atoms with Crippen LogP contribution in [-0.2, 0) is 9.13 Å². The first-order valence-electron chi connectivity index (χ1n) is 4.29. The lowest BCUT2D eigenvalue weighted by Crippen LogP contribution is -2.04. The summed E-state index contributed by atoms with van der Waals surface area (Å²) in [6, 6.07) is 2.25. The molecule has 0 fully saturated rings. The van der Waals surface area contributed by atoms with Crippen LogP contribution in [0.3, 0.4) is 0 Å². The second kappa shape index (κ2) is 3.74. The number of pyridine rings is 1. The van der Waals surface area contributed by atoms with Crippen molar-refractivity contribution in [1.29, 1.82) is 0 Å². The fourth-order valence-electron chi connectivity index (χ4n) is 1.28. The Labute approximate surface area is 94.9 Å². The number of aromatic nitrogens is 2. The zero-order chi connectivity index (χ0) is 12.8. The molecule has 0 saturated carbocycles. The van der Waals surface area contributed by atoms with Crippen molar-refractivity contribution < 1.29 is 28.7 Å². The molecular formula is C7H8N2O6P2. The third kappa shape index (κ3) is 2.47. The van der Waals surface area contributed by atoms with Gasteiger partial charge < -0.3 is 24.0 Å². The van der Waals surface area contributed by atoms with Gasteiger partial charge in [-0.15, -0.1) is 0 Å². The highest BCUT2D eigenvalue weighted by Gasteiger charge is 2.23. The maximum absolute atomic E-state index is 11.0. The van der Waals surface area contributed by atoms with Crippen molar-refractivity contribution in [2.75, 3.05) is 0 Å². The number of hydrogen-bond acceptors (Lipinski definition) is 3. The van der Waals surface area contributed by atoms with E-state index in [1.807, 2.05) is 0 Å². The van der Waals surface area contributed by atoms with Crippen LogP contribution in [0.25, 0.3) is 5.65 Å². The molecule has 0 spiro atoms. The quantitative estimate of drug-likeness (QED) is 0.514. The van der Waals surface area contributed by atoms with Crippen molar-refractivity contribution in [1.82, 2.24) is 9.38 Å². The van der Waals surface area contributed by atoms with Crippen molar-refractivity contribution in [3.8, 4) is 0 Å². The van der Waals surface area contributed by atoms with Gasteiger partial charge in [0.15, 0.2) is 5.44 Å². The van der Waals surface area contributed by atoms with E-state index in [0.29, 0.717) is 0 Å². The van der Waals surface area contributed by atoms with Crippen LogP contribution in [-0.4, -0.2) is 29.0 Å². The minimum Gasteiger partial charge on any atom is -0.321 e. The van der Waals surface area contributed by atoms with E-state index in [0.717, 1.165) is 12.3 Å². The van der Waals surface area contributed by atoms with Crippen LogP contribution >= 0.6 is 15.2 Å². The van der Waals surface area contributed by atoms with Crippen molar-refractivity contribution in [3.63, 3.8) is 0 Å². The highest BCUT2D eigenvalue weighted by Crippen LogP contribution is 2.34. The van der Waals surface area contributed by atoms with Crippen LogP contribution in [0, 0.1) is 0 Å². The molecule has 0 aliphatic carbocycles. The van der Waals surface area contributed by atoms with Crippen LogP contribution in [0.5, 0.6) is 0 Å². The summed E-state index contributed by atoms with van der Waals surface area (Å²) in [6.07, 6.45) is 2.38. The maximum atomic E-state index is 11.0. The number of rotatable bonds is 2. The van der Waals surface area contributed by atoms with E-state index in [-0.39, 0.29) is 11.0 Å². The summed E-state index contributed by atoms with van der Waals surface area (Å²) < 4.78 is 23.2. The van der Waals surface area contributed by atoms with Gasteiger partial charge >= 0.3 is 15.2 Å². The molecule has 0 unspecified atom stereocenters. The van der Waals surface area contributed by atoms with Gasteiger partial charge in [0.2, 0.25) is 0 Å². The van der Waals surface area contributed by atoms with Gasteiger partial charge in [0.1, 0.15) is 5.65 Å². The predicted octanol–water partition coefficient (Wildman–Crippen LogP) is -1.06. The van der Waals surface area contributed by atoms with Crippen molar-refractivity contribution in [3.05, 3.63) is 24.5 Å². The van der Waals surface area contributed by atoms with Crippen molar-refractivity contribution >= 4 is 31.6 Å². The average molecular weight is 278 g/mol. The predicted molar refractivity (Wildman–Crippen MR) is 58.5 cm³/mol. The van der Waals surface area contributed by atoms with Gasteiger partial charge in [-0.05, 0) is 12.1 Å². The number of fused-ring (bicyclic) bond motifs is 1. The molecule has 10 heteroatoms. The minimum absolute atomic E-state index is 0.0594. The third-order valence-corrected chi connectivity index (χ3v) is 3.83. The zero-order valence-corrected chi connectivity index (χ0v) is 9.99. The first-order chi connectivity index (χ1) is 7.68. The fourth-order valence-corrected chi connectivity index (χ4v) is 2.33. The molecule has 0 aliphatic heterocycles. The molecule has 4 N–H and O–H groups in total.